The van der Waals surface area contributed by atoms with Crippen LogP contribution in [0.25, 0.3) is 28.0 Å². The van der Waals surface area contributed by atoms with Crippen LogP contribution in [-0.4, -0.2) is 43.4 Å². The first-order valence-electron chi connectivity index (χ1n) is 12.7. The Balaban J connectivity index is 1.38. The fourth-order valence-corrected chi connectivity index (χ4v) is 5.38. The smallest absolute Gasteiger partial charge is 0.236 e. The summed E-state index contributed by atoms with van der Waals surface area (Å²) in [4.78, 5) is 9.79. The van der Waals surface area contributed by atoms with Crippen molar-refractivity contribution in [3.8, 4) is 23.1 Å². The van der Waals surface area contributed by atoms with Crippen LogP contribution in [-0.2, 0) is 0 Å². The van der Waals surface area contributed by atoms with Gasteiger partial charge in [-0.1, -0.05) is 19.3 Å². The molecule has 0 amide bonds. The Morgan fingerprint density at radius 1 is 1.03 bits per heavy atom. The van der Waals surface area contributed by atoms with E-state index in [9.17, 15) is 5.26 Å². The minimum Gasteiger partial charge on any atom is -0.367 e. The molecule has 2 fully saturated rings. The highest BCUT2D eigenvalue weighted by Gasteiger charge is 2.21. The van der Waals surface area contributed by atoms with Gasteiger partial charge in [-0.15, -0.1) is 0 Å². The Morgan fingerprint density at radius 2 is 1.89 bits per heavy atom. The summed E-state index contributed by atoms with van der Waals surface area (Å²) in [5, 5.41) is 22.1. The molecule has 3 aromatic heterocycles. The number of rotatable bonds is 5. The maximum absolute atomic E-state index is 9.24. The number of aromatic nitrogens is 5. The van der Waals surface area contributed by atoms with E-state index in [1.807, 2.05) is 47.4 Å². The molecule has 8 heteroatoms. The van der Waals surface area contributed by atoms with E-state index in [-0.39, 0.29) is 0 Å². The molecule has 4 aromatic rings. The summed E-state index contributed by atoms with van der Waals surface area (Å²) >= 11 is 0. The molecular weight excluding hydrogens is 436 g/mol. The summed E-state index contributed by atoms with van der Waals surface area (Å²) in [7, 11) is 0. The van der Waals surface area contributed by atoms with Crippen LogP contribution in [0.15, 0.2) is 49.1 Å². The van der Waals surface area contributed by atoms with Crippen LogP contribution in [0.2, 0.25) is 0 Å². The average Bonchev–Trinajstić information content (AvgIpc) is 3.57. The molecule has 0 spiro atoms. The molecule has 1 saturated heterocycles. The molecule has 1 aliphatic carbocycles. The van der Waals surface area contributed by atoms with E-state index in [1.54, 1.807) is 0 Å². The second-order valence-electron chi connectivity index (χ2n) is 9.67. The van der Waals surface area contributed by atoms with Crippen LogP contribution in [0.3, 0.4) is 0 Å². The largest absolute Gasteiger partial charge is 0.367 e. The highest BCUT2D eigenvalue weighted by Crippen LogP contribution is 2.31. The van der Waals surface area contributed by atoms with E-state index >= 15 is 0 Å². The maximum atomic E-state index is 9.24. The van der Waals surface area contributed by atoms with Crippen molar-refractivity contribution in [2.45, 2.75) is 57.0 Å². The highest BCUT2D eigenvalue weighted by atomic mass is 15.3. The zero-order valence-electron chi connectivity index (χ0n) is 19.8. The van der Waals surface area contributed by atoms with Crippen molar-refractivity contribution in [2.24, 2.45) is 0 Å². The lowest BCUT2D eigenvalue weighted by Gasteiger charge is -2.24. The number of piperidine rings is 1. The lowest BCUT2D eigenvalue weighted by molar-refractivity contribution is 0.343. The van der Waals surface area contributed by atoms with E-state index in [0.717, 1.165) is 66.6 Å². The molecule has 2 aliphatic rings. The normalized spacial score (nSPS) is 17.5. The number of benzene rings is 1. The van der Waals surface area contributed by atoms with Gasteiger partial charge in [-0.2, -0.15) is 15.3 Å². The Bertz CT molecular complexity index is 1370. The van der Waals surface area contributed by atoms with Gasteiger partial charge in [0.15, 0.2) is 0 Å². The van der Waals surface area contributed by atoms with Crippen molar-refractivity contribution >= 4 is 16.7 Å². The number of nitriles is 1. The van der Waals surface area contributed by atoms with Crippen LogP contribution in [0.5, 0.6) is 0 Å². The Labute approximate surface area is 205 Å². The first-order valence-corrected chi connectivity index (χ1v) is 12.7. The van der Waals surface area contributed by atoms with E-state index in [4.69, 9.17) is 15.1 Å². The predicted octanol–water partition coefficient (Wildman–Crippen LogP) is 4.82. The Hall–Kier alpha value is -3.70. The number of nitrogens with zero attached hydrogens (tertiary/aromatic N) is 6. The fraction of sp³-hybridized carbons (Fsp3) is 0.407. The Morgan fingerprint density at radius 3 is 2.71 bits per heavy atom. The van der Waals surface area contributed by atoms with E-state index in [1.165, 1.54) is 19.3 Å². The molecule has 1 saturated carbocycles. The molecule has 1 aliphatic heterocycles. The third kappa shape index (κ3) is 4.40. The molecule has 0 unspecified atom stereocenters. The summed E-state index contributed by atoms with van der Waals surface area (Å²) in [6.45, 7) is 2.07. The van der Waals surface area contributed by atoms with E-state index < -0.39 is 0 Å². The van der Waals surface area contributed by atoms with Crippen LogP contribution >= 0.6 is 0 Å². The molecule has 178 valence electrons. The molecule has 1 aromatic carbocycles. The number of nitrogens with one attached hydrogen (secondary N) is 2. The van der Waals surface area contributed by atoms with Gasteiger partial charge in [0.05, 0.1) is 29.4 Å². The SMILES string of the molecule is N#Cc1ccc2c(ccn2-c2ncc(-c3cnn(C4CCNCC4)c3)c(NC3CCCCC3)n2)c1. The lowest BCUT2D eigenvalue weighted by Crippen LogP contribution is -2.29. The van der Waals surface area contributed by atoms with Gasteiger partial charge in [-0.3, -0.25) is 9.25 Å². The molecule has 8 nitrogen and oxygen atoms in total. The monoisotopic (exact) mass is 466 g/mol. The minimum atomic E-state index is 0.421. The van der Waals surface area contributed by atoms with Crippen LogP contribution in [0, 0.1) is 11.3 Å². The van der Waals surface area contributed by atoms with Crippen LogP contribution in [0.1, 0.15) is 56.6 Å². The zero-order valence-corrected chi connectivity index (χ0v) is 19.8. The second-order valence-corrected chi connectivity index (χ2v) is 9.67. The molecule has 35 heavy (non-hydrogen) atoms. The molecule has 2 N–H and O–H groups in total. The lowest BCUT2D eigenvalue weighted by atomic mass is 9.95. The fourth-order valence-electron chi connectivity index (χ4n) is 5.38. The number of hydrogen-bond donors (Lipinski definition) is 2. The van der Waals surface area contributed by atoms with Crippen molar-refractivity contribution < 1.29 is 0 Å². The van der Waals surface area contributed by atoms with Crippen molar-refractivity contribution in [1.82, 2.24) is 29.6 Å². The van der Waals surface area contributed by atoms with Gasteiger partial charge in [0.1, 0.15) is 5.82 Å². The number of anilines is 1. The summed E-state index contributed by atoms with van der Waals surface area (Å²) in [6.07, 6.45) is 16.3. The summed E-state index contributed by atoms with van der Waals surface area (Å²) in [5.74, 6) is 1.49. The first-order chi connectivity index (χ1) is 17.3. The predicted molar refractivity (Wildman–Crippen MR) is 136 cm³/mol. The van der Waals surface area contributed by atoms with Gasteiger partial charge in [0.2, 0.25) is 5.95 Å². The molecular formula is C27H30N8. The van der Waals surface area contributed by atoms with Gasteiger partial charge >= 0.3 is 0 Å². The molecule has 0 bridgehead atoms. The second kappa shape index (κ2) is 9.51. The Kier molecular flexibility index (Phi) is 5.93. The minimum absolute atomic E-state index is 0.421. The van der Waals surface area contributed by atoms with Crippen molar-refractivity contribution in [3.05, 3.63) is 54.6 Å². The summed E-state index contributed by atoms with van der Waals surface area (Å²) in [5.41, 5.74) is 3.67. The average molecular weight is 467 g/mol. The quantitative estimate of drug-likeness (QED) is 0.438. The summed E-state index contributed by atoms with van der Waals surface area (Å²) < 4.78 is 4.10. The standard InChI is InChI=1S/C27H30N8/c28-15-19-6-7-25-20(14-19)10-13-34(25)27-30-17-24(26(33-27)32-22-4-2-1-3-5-22)21-16-31-35(18-21)23-8-11-29-12-9-23/h6-7,10,13-14,16-18,22-23,29H,1-5,8-9,11-12H2,(H,30,32,33). The third-order valence-corrected chi connectivity index (χ3v) is 7.35. The maximum Gasteiger partial charge on any atom is 0.236 e. The van der Waals surface area contributed by atoms with Gasteiger partial charge in [-0.25, -0.2) is 4.98 Å². The molecule has 0 radical (unpaired) electrons. The van der Waals surface area contributed by atoms with Gasteiger partial charge in [-0.05, 0) is 63.0 Å². The van der Waals surface area contributed by atoms with Crippen LogP contribution < -0.4 is 10.6 Å². The van der Waals surface area contributed by atoms with Gasteiger partial charge in [0.25, 0.3) is 0 Å². The van der Waals surface area contributed by atoms with Crippen LogP contribution in [0.4, 0.5) is 5.82 Å². The van der Waals surface area contributed by atoms with Crippen molar-refractivity contribution in [1.29, 1.82) is 5.26 Å². The zero-order chi connectivity index (χ0) is 23.6. The van der Waals surface area contributed by atoms with E-state index in [0.29, 0.717) is 23.6 Å². The van der Waals surface area contributed by atoms with Crippen molar-refractivity contribution in [3.63, 3.8) is 0 Å². The highest BCUT2D eigenvalue weighted by molar-refractivity contribution is 5.83. The van der Waals surface area contributed by atoms with Gasteiger partial charge in [0, 0.05) is 41.1 Å². The van der Waals surface area contributed by atoms with Gasteiger partial charge < -0.3 is 10.6 Å². The first kappa shape index (κ1) is 21.8. The summed E-state index contributed by atoms with van der Waals surface area (Å²) in [6, 6.07) is 10.8. The molecule has 6 rings (SSSR count). The number of fused-ring (bicyclic) bond motifs is 1. The molecule has 4 heterocycles. The van der Waals surface area contributed by atoms with Crippen molar-refractivity contribution in [2.75, 3.05) is 18.4 Å². The topological polar surface area (TPSA) is 96.4 Å². The molecule has 0 atom stereocenters. The number of hydrogen-bond acceptors (Lipinski definition) is 6. The van der Waals surface area contributed by atoms with E-state index in [2.05, 4.69) is 27.6 Å². The third-order valence-electron chi connectivity index (χ3n) is 7.35.